The minimum Gasteiger partial charge on any atom is -0.373 e. The lowest BCUT2D eigenvalue weighted by molar-refractivity contribution is -0.137. The summed E-state index contributed by atoms with van der Waals surface area (Å²) in [5, 5.41) is 6.07. The van der Waals surface area contributed by atoms with E-state index in [4.69, 9.17) is 4.98 Å². The van der Waals surface area contributed by atoms with Crippen LogP contribution in [0.4, 0.5) is 36.2 Å². The molecule has 1 aliphatic heterocycles. The molecule has 2 N–H and O–H groups in total. The van der Waals surface area contributed by atoms with Gasteiger partial charge in [-0.2, -0.15) is 13.2 Å². The molecule has 2 heterocycles. The molecule has 1 spiro atoms. The molecule has 0 atom stereocenters. The third kappa shape index (κ3) is 5.95. The Kier molecular flexibility index (Phi) is 7.51. The van der Waals surface area contributed by atoms with Crippen molar-refractivity contribution >= 4 is 34.8 Å². The van der Waals surface area contributed by atoms with Gasteiger partial charge in [0.2, 0.25) is 11.9 Å². The first-order valence-corrected chi connectivity index (χ1v) is 14.8. The Balaban J connectivity index is 1.26. The van der Waals surface area contributed by atoms with Gasteiger partial charge < -0.3 is 25.3 Å². The number of halogens is 3. The van der Waals surface area contributed by atoms with Crippen molar-refractivity contribution in [3.63, 3.8) is 0 Å². The average Bonchev–Trinajstić information content (AvgIpc) is 3.91. The number of hydrogen-bond acceptors (Lipinski definition) is 7. The second-order valence-electron chi connectivity index (χ2n) is 12.4. The quantitative estimate of drug-likeness (QED) is 0.345. The van der Waals surface area contributed by atoms with Gasteiger partial charge in [0.15, 0.2) is 0 Å². The maximum absolute atomic E-state index is 13.9. The molecule has 0 radical (unpaired) electrons. The molecular formula is C32H36F3N7O2. The maximum atomic E-state index is 13.9. The molecule has 232 valence electrons. The van der Waals surface area contributed by atoms with Crippen LogP contribution in [0.1, 0.15) is 58.4 Å². The second kappa shape index (κ2) is 11.1. The molecule has 1 aromatic heterocycles. The van der Waals surface area contributed by atoms with Crippen molar-refractivity contribution in [3.8, 4) is 0 Å². The van der Waals surface area contributed by atoms with Crippen LogP contribution >= 0.6 is 0 Å². The van der Waals surface area contributed by atoms with E-state index in [1.165, 1.54) is 6.07 Å². The third-order valence-corrected chi connectivity index (χ3v) is 8.55. The number of alkyl halides is 3. The largest absolute Gasteiger partial charge is 0.416 e. The van der Waals surface area contributed by atoms with Crippen LogP contribution in [0.5, 0.6) is 0 Å². The maximum Gasteiger partial charge on any atom is 0.416 e. The molecule has 3 aliphatic rings. The summed E-state index contributed by atoms with van der Waals surface area (Å²) in [7, 11) is 5.46. The summed E-state index contributed by atoms with van der Waals surface area (Å²) in [6, 6.07) is 8.95. The molecule has 0 unspecified atom stereocenters. The van der Waals surface area contributed by atoms with Gasteiger partial charge in [-0.3, -0.25) is 9.59 Å². The number of amides is 2. The van der Waals surface area contributed by atoms with Crippen molar-refractivity contribution in [2.45, 2.75) is 56.8 Å². The van der Waals surface area contributed by atoms with Crippen molar-refractivity contribution < 1.29 is 22.8 Å². The molecule has 2 aliphatic carbocycles. The second-order valence-corrected chi connectivity index (χ2v) is 12.4. The van der Waals surface area contributed by atoms with Crippen molar-refractivity contribution in [2.75, 3.05) is 54.7 Å². The number of benzene rings is 2. The fraction of sp³-hybridized carbons (Fsp3) is 0.438. The summed E-state index contributed by atoms with van der Waals surface area (Å²) >= 11 is 0. The lowest BCUT2D eigenvalue weighted by Crippen LogP contribution is -2.45. The summed E-state index contributed by atoms with van der Waals surface area (Å²) in [6.45, 7) is 3.28. The fourth-order valence-corrected chi connectivity index (χ4v) is 5.58. The number of nitrogens with zero attached hydrogens (tertiary/aromatic N) is 5. The minimum atomic E-state index is -4.62. The van der Waals surface area contributed by atoms with Gasteiger partial charge in [0.05, 0.1) is 23.2 Å². The summed E-state index contributed by atoms with van der Waals surface area (Å²) < 4.78 is 41.4. The highest BCUT2D eigenvalue weighted by Crippen LogP contribution is 2.53. The van der Waals surface area contributed by atoms with Crippen LogP contribution in [0.25, 0.3) is 0 Å². The smallest absolute Gasteiger partial charge is 0.373 e. The zero-order chi connectivity index (χ0) is 31.4. The van der Waals surface area contributed by atoms with Gasteiger partial charge in [-0.15, -0.1) is 0 Å². The summed E-state index contributed by atoms with van der Waals surface area (Å²) in [6.07, 6.45) is 0.748. The number of nitrogens with one attached hydrogen (secondary N) is 2. The normalized spacial score (nSPS) is 17.1. The van der Waals surface area contributed by atoms with E-state index in [0.717, 1.165) is 41.8 Å². The number of aromatic nitrogens is 2. The van der Waals surface area contributed by atoms with E-state index in [0.29, 0.717) is 55.0 Å². The highest BCUT2D eigenvalue weighted by molar-refractivity contribution is 6.07. The molecule has 2 saturated carbocycles. The van der Waals surface area contributed by atoms with E-state index in [2.05, 4.69) is 15.6 Å². The molecule has 2 fully saturated rings. The Bertz CT molecular complexity index is 1620. The average molecular weight is 608 g/mol. The SMILES string of the molecule is Cc1ccc(NC(=O)c2cc(N(C)CCN(C)C)cc(C(F)(F)F)c2)cc1N1Cc2cnc(NC3CC3)nc2C2(CC2)C1=O. The molecular weight excluding hydrogens is 571 g/mol. The van der Waals surface area contributed by atoms with Gasteiger partial charge in [0.25, 0.3) is 5.91 Å². The Labute approximate surface area is 254 Å². The predicted molar refractivity (Wildman–Crippen MR) is 163 cm³/mol. The Morgan fingerprint density at radius 1 is 1.09 bits per heavy atom. The minimum absolute atomic E-state index is 0.0454. The highest BCUT2D eigenvalue weighted by atomic mass is 19.4. The van der Waals surface area contributed by atoms with Gasteiger partial charge in [-0.1, -0.05) is 6.07 Å². The lowest BCUT2D eigenvalue weighted by atomic mass is 9.91. The first-order chi connectivity index (χ1) is 20.8. The molecule has 44 heavy (non-hydrogen) atoms. The molecule has 2 amide bonds. The topological polar surface area (TPSA) is 93.7 Å². The zero-order valence-corrected chi connectivity index (χ0v) is 25.3. The number of rotatable bonds is 9. The van der Waals surface area contributed by atoms with Crippen molar-refractivity contribution in [1.29, 1.82) is 0 Å². The molecule has 0 bridgehead atoms. The molecule has 12 heteroatoms. The number of fused-ring (bicyclic) bond motifs is 2. The molecule has 3 aromatic rings. The van der Waals surface area contributed by atoms with Gasteiger partial charge in [-0.05, 0) is 82.6 Å². The van der Waals surface area contributed by atoms with E-state index < -0.39 is 23.1 Å². The van der Waals surface area contributed by atoms with E-state index in [1.54, 1.807) is 41.2 Å². The van der Waals surface area contributed by atoms with E-state index in [9.17, 15) is 22.8 Å². The summed E-state index contributed by atoms with van der Waals surface area (Å²) in [5.74, 6) is -0.163. The Morgan fingerprint density at radius 2 is 1.84 bits per heavy atom. The first-order valence-electron chi connectivity index (χ1n) is 14.8. The van der Waals surface area contributed by atoms with E-state index in [-0.39, 0.29) is 18.0 Å². The van der Waals surface area contributed by atoms with E-state index in [1.807, 2.05) is 25.9 Å². The highest BCUT2D eigenvalue weighted by Gasteiger charge is 2.58. The summed E-state index contributed by atoms with van der Waals surface area (Å²) in [5.41, 5.74) is 2.09. The van der Waals surface area contributed by atoms with E-state index >= 15 is 0 Å². The monoisotopic (exact) mass is 607 g/mol. The van der Waals surface area contributed by atoms with Crippen molar-refractivity contribution in [2.24, 2.45) is 0 Å². The van der Waals surface area contributed by atoms with Crippen molar-refractivity contribution in [1.82, 2.24) is 14.9 Å². The lowest BCUT2D eigenvalue weighted by Gasteiger charge is -2.34. The third-order valence-electron chi connectivity index (χ3n) is 8.55. The van der Waals surface area contributed by atoms with Crippen LogP contribution in [-0.2, 0) is 22.9 Å². The molecule has 2 aromatic carbocycles. The standard InChI is InChI=1S/C32H36F3N7O2/c1-19-5-6-24(37-28(43)20-13-22(32(33,34)35)15-25(14-20)41(4)12-11-40(2)3)16-26(19)42-18-21-17-36-30(38-23-7-8-23)39-27(21)31(9-10-31)29(42)44/h5-6,13-17,23H,7-12,18H2,1-4H3,(H,37,43)(H,36,38,39). The molecule has 6 rings (SSSR count). The molecule has 0 saturated heterocycles. The Hall–Kier alpha value is -4.19. The van der Waals surface area contributed by atoms with Gasteiger partial charge in [0.1, 0.15) is 0 Å². The molecule has 9 nitrogen and oxygen atoms in total. The number of anilines is 4. The fourth-order valence-electron chi connectivity index (χ4n) is 5.58. The van der Waals surface area contributed by atoms with Crippen LogP contribution in [0, 0.1) is 6.92 Å². The number of likely N-dealkylation sites (N-methyl/N-ethyl adjacent to an activating group) is 2. The predicted octanol–water partition coefficient (Wildman–Crippen LogP) is 5.21. The number of hydrogen-bond donors (Lipinski definition) is 2. The van der Waals surface area contributed by atoms with Crippen LogP contribution in [0.2, 0.25) is 0 Å². The van der Waals surface area contributed by atoms with Crippen LogP contribution in [0.3, 0.4) is 0 Å². The van der Waals surface area contributed by atoms with Gasteiger partial charge >= 0.3 is 6.18 Å². The zero-order valence-electron chi connectivity index (χ0n) is 25.3. The number of carbonyl (C=O) groups excluding carboxylic acids is 2. The Morgan fingerprint density at radius 3 is 2.50 bits per heavy atom. The van der Waals surface area contributed by atoms with Crippen LogP contribution in [0.15, 0.2) is 42.6 Å². The van der Waals surface area contributed by atoms with Gasteiger partial charge in [0, 0.05) is 60.6 Å². The first kappa shape index (κ1) is 29.9. The van der Waals surface area contributed by atoms with Crippen molar-refractivity contribution in [3.05, 3.63) is 70.5 Å². The number of aryl methyl sites for hydroxylation is 1. The van der Waals surface area contributed by atoms with Crippen LogP contribution in [-0.4, -0.2) is 67.0 Å². The number of carbonyl (C=O) groups is 2. The van der Waals surface area contributed by atoms with Gasteiger partial charge in [-0.25, -0.2) is 9.97 Å². The summed E-state index contributed by atoms with van der Waals surface area (Å²) in [4.78, 5) is 41.8. The van der Waals surface area contributed by atoms with Crippen LogP contribution < -0.4 is 20.4 Å².